The van der Waals surface area contributed by atoms with Gasteiger partial charge in [-0.15, -0.1) is 0 Å². The number of nitrogens with one attached hydrogen (secondary N) is 1. The highest BCUT2D eigenvalue weighted by Gasteiger charge is 2.29. The summed E-state index contributed by atoms with van der Waals surface area (Å²) in [5.74, 6) is 1.59. The molecular formula is C13H15N3OS. The second-order valence-electron chi connectivity index (χ2n) is 4.56. The Balaban J connectivity index is 2.14. The molecule has 1 saturated carbocycles. The van der Waals surface area contributed by atoms with E-state index in [1.54, 1.807) is 7.11 Å². The van der Waals surface area contributed by atoms with E-state index in [-0.39, 0.29) is 0 Å². The highest BCUT2D eigenvalue weighted by molar-refractivity contribution is 7.71. The normalized spacial score (nSPS) is 14.9. The number of H-pyrrole nitrogens is 1. The molecule has 0 spiro atoms. The van der Waals surface area contributed by atoms with Crippen LogP contribution in [0.15, 0.2) is 24.3 Å². The molecule has 0 aliphatic heterocycles. The average molecular weight is 261 g/mol. The summed E-state index contributed by atoms with van der Waals surface area (Å²) in [5, 5.41) is 7.26. The number of hydrogen-bond acceptors (Lipinski definition) is 3. The Hall–Kier alpha value is -1.46. The molecule has 1 N–H and O–H groups in total. The molecule has 2 aromatic rings. The lowest BCUT2D eigenvalue weighted by molar-refractivity contribution is 0.184. The highest BCUT2D eigenvalue weighted by atomic mass is 32.1. The molecule has 0 bridgehead atoms. The number of benzene rings is 1. The zero-order valence-corrected chi connectivity index (χ0v) is 11.0. The molecule has 0 unspecified atom stereocenters. The standard InChI is InChI=1S/C13H15N3OS/c1-17-8-10-4-2-3-5-11(10)16-12(9-6-7-9)14-15-13(16)18/h2-5,9H,6-8H2,1H3,(H,15,18). The molecule has 18 heavy (non-hydrogen) atoms. The molecule has 5 heteroatoms. The van der Waals surface area contributed by atoms with Crippen LogP contribution >= 0.6 is 12.2 Å². The zero-order chi connectivity index (χ0) is 12.5. The van der Waals surface area contributed by atoms with Gasteiger partial charge in [0.1, 0.15) is 5.82 Å². The summed E-state index contributed by atoms with van der Waals surface area (Å²) in [4.78, 5) is 0. The van der Waals surface area contributed by atoms with Crippen molar-refractivity contribution in [2.24, 2.45) is 0 Å². The number of aromatic amines is 1. The van der Waals surface area contributed by atoms with Gasteiger partial charge in [-0.2, -0.15) is 5.10 Å². The van der Waals surface area contributed by atoms with Gasteiger partial charge in [0.2, 0.25) is 0 Å². The van der Waals surface area contributed by atoms with Crippen LogP contribution in [0.2, 0.25) is 0 Å². The summed E-state index contributed by atoms with van der Waals surface area (Å²) in [6.07, 6.45) is 2.40. The van der Waals surface area contributed by atoms with Crippen LogP contribution in [0.4, 0.5) is 0 Å². The average Bonchev–Trinajstić information content (AvgIpc) is 3.15. The van der Waals surface area contributed by atoms with Crippen molar-refractivity contribution in [1.82, 2.24) is 14.8 Å². The van der Waals surface area contributed by atoms with Crippen molar-refractivity contribution in [1.29, 1.82) is 0 Å². The lowest BCUT2D eigenvalue weighted by atomic mass is 10.2. The van der Waals surface area contributed by atoms with E-state index in [0.717, 1.165) is 17.1 Å². The van der Waals surface area contributed by atoms with Gasteiger partial charge in [0, 0.05) is 18.6 Å². The van der Waals surface area contributed by atoms with Crippen molar-refractivity contribution in [3.8, 4) is 5.69 Å². The molecule has 1 aliphatic rings. The number of ether oxygens (including phenoxy) is 1. The van der Waals surface area contributed by atoms with Crippen LogP contribution in [0.25, 0.3) is 5.69 Å². The predicted octanol–water partition coefficient (Wildman–Crippen LogP) is 2.95. The smallest absolute Gasteiger partial charge is 0.199 e. The first kappa shape index (κ1) is 11.6. The first-order valence-electron chi connectivity index (χ1n) is 6.06. The third-order valence-corrected chi connectivity index (χ3v) is 3.45. The molecule has 0 amide bonds. The minimum Gasteiger partial charge on any atom is -0.380 e. The van der Waals surface area contributed by atoms with E-state index in [2.05, 4.69) is 22.3 Å². The predicted molar refractivity (Wildman–Crippen MR) is 71.4 cm³/mol. The number of methoxy groups -OCH3 is 1. The lowest BCUT2D eigenvalue weighted by Gasteiger charge is -2.11. The van der Waals surface area contributed by atoms with Crippen LogP contribution in [-0.2, 0) is 11.3 Å². The van der Waals surface area contributed by atoms with Gasteiger partial charge in [-0.05, 0) is 31.1 Å². The summed E-state index contributed by atoms with van der Waals surface area (Å²) in [7, 11) is 1.70. The first-order valence-corrected chi connectivity index (χ1v) is 6.46. The third-order valence-electron chi connectivity index (χ3n) is 3.17. The van der Waals surface area contributed by atoms with Crippen LogP contribution in [0.1, 0.15) is 30.1 Å². The van der Waals surface area contributed by atoms with Gasteiger partial charge in [-0.25, -0.2) is 0 Å². The molecule has 1 aromatic heterocycles. The molecule has 1 aliphatic carbocycles. The fourth-order valence-corrected chi connectivity index (χ4v) is 2.40. The highest BCUT2D eigenvalue weighted by Crippen LogP contribution is 2.40. The third kappa shape index (κ3) is 2.00. The van der Waals surface area contributed by atoms with Crippen molar-refractivity contribution in [2.75, 3.05) is 7.11 Å². The maximum absolute atomic E-state index is 5.35. The van der Waals surface area contributed by atoms with E-state index in [9.17, 15) is 0 Å². The van der Waals surface area contributed by atoms with Crippen molar-refractivity contribution in [3.05, 3.63) is 40.4 Å². The summed E-state index contributed by atoms with van der Waals surface area (Å²) in [6.45, 7) is 0.577. The minimum atomic E-state index is 0.550. The Morgan fingerprint density at radius 2 is 2.22 bits per heavy atom. The molecule has 0 radical (unpaired) electrons. The molecule has 0 saturated heterocycles. The van der Waals surface area contributed by atoms with E-state index >= 15 is 0 Å². The van der Waals surface area contributed by atoms with E-state index in [4.69, 9.17) is 17.0 Å². The summed E-state index contributed by atoms with van der Waals surface area (Å²) in [5.41, 5.74) is 2.19. The monoisotopic (exact) mass is 261 g/mol. The first-order chi connectivity index (χ1) is 8.81. The molecule has 1 heterocycles. The number of aromatic nitrogens is 3. The summed E-state index contributed by atoms with van der Waals surface area (Å²) in [6, 6.07) is 8.15. The molecule has 1 fully saturated rings. The van der Waals surface area contributed by atoms with Gasteiger partial charge in [-0.3, -0.25) is 9.67 Å². The maximum atomic E-state index is 5.35. The van der Waals surface area contributed by atoms with Crippen molar-refractivity contribution in [3.63, 3.8) is 0 Å². The fourth-order valence-electron chi connectivity index (χ4n) is 2.16. The van der Waals surface area contributed by atoms with Gasteiger partial charge in [0.25, 0.3) is 0 Å². The Morgan fingerprint density at radius 3 is 2.94 bits per heavy atom. The molecule has 94 valence electrons. The van der Waals surface area contributed by atoms with E-state index in [1.165, 1.54) is 12.8 Å². The number of hydrogen-bond donors (Lipinski definition) is 1. The van der Waals surface area contributed by atoms with Gasteiger partial charge in [0.15, 0.2) is 4.77 Å². The number of rotatable bonds is 4. The van der Waals surface area contributed by atoms with Gasteiger partial charge in [0.05, 0.1) is 12.3 Å². The van der Waals surface area contributed by atoms with Crippen LogP contribution in [0.5, 0.6) is 0 Å². The van der Waals surface area contributed by atoms with Crippen LogP contribution in [0, 0.1) is 4.77 Å². The fraction of sp³-hybridized carbons (Fsp3) is 0.385. The summed E-state index contributed by atoms with van der Waals surface area (Å²) < 4.78 is 7.94. The Bertz CT molecular complexity index is 613. The second kappa shape index (κ2) is 4.66. The van der Waals surface area contributed by atoms with E-state index in [1.807, 2.05) is 16.7 Å². The molecule has 4 nitrogen and oxygen atoms in total. The van der Waals surface area contributed by atoms with Crippen LogP contribution in [0.3, 0.4) is 0 Å². The van der Waals surface area contributed by atoms with Crippen molar-refractivity contribution < 1.29 is 4.74 Å². The van der Waals surface area contributed by atoms with Crippen LogP contribution < -0.4 is 0 Å². The molecule has 0 atom stereocenters. The lowest BCUT2D eigenvalue weighted by Crippen LogP contribution is -2.04. The van der Waals surface area contributed by atoms with Crippen molar-refractivity contribution >= 4 is 12.2 Å². The van der Waals surface area contributed by atoms with Gasteiger partial charge in [-0.1, -0.05) is 18.2 Å². The molecule has 1 aromatic carbocycles. The Kier molecular flexibility index (Phi) is 3.01. The van der Waals surface area contributed by atoms with Crippen LogP contribution in [-0.4, -0.2) is 21.9 Å². The second-order valence-corrected chi connectivity index (χ2v) is 4.95. The Labute approximate surface area is 111 Å². The minimum absolute atomic E-state index is 0.550. The SMILES string of the molecule is COCc1ccccc1-n1c(C2CC2)n[nH]c1=S. The number of para-hydroxylation sites is 1. The van der Waals surface area contributed by atoms with E-state index in [0.29, 0.717) is 17.3 Å². The Morgan fingerprint density at radius 1 is 1.44 bits per heavy atom. The van der Waals surface area contributed by atoms with E-state index < -0.39 is 0 Å². The molecular weight excluding hydrogens is 246 g/mol. The van der Waals surface area contributed by atoms with Gasteiger partial charge < -0.3 is 4.74 Å². The molecule has 3 rings (SSSR count). The number of nitrogens with zero attached hydrogens (tertiary/aromatic N) is 2. The maximum Gasteiger partial charge on any atom is 0.199 e. The zero-order valence-electron chi connectivity index (χ0n) is 10.2. The van der Waals surface area contributed by atoms with Gasteiger partial charge >= 0.3 is 0 Å². The van der Waals surface area contributed by atoms with Crippen molar-refractivity contribution in [2.45, 2.75) is 25.4 Å². The largest absolute Gasteiger partial charge is 0.380 e. The quantitative estimate of drug-likeness (QED) is 0.860. The summed E-state index contributed by atoms with van der Waals surface area (Å²) >= 11 is 5.35. The topological polar surface area (TPSA) is 42.8 Å².